The minimum Gasteiger partial charge on any atom is -0.354 e. The van der Waals surface area contributed by atoms with Gasteiger partial charge in [-0.1, -0.05) is 54.6 Å². The number of benzene rings is 1. The van der Waals surface area contributed by atoms with Gasteiger partial charge >= 0.3 is 0 Å². The lowest BCUT2D eigenvalue weighted by Crippen LogP contribution is -2.45. The third-order valence-corrected chi connectivity index (χ3v) is 4.56. The van der Waals surface area contributed by atoms with Gasteiger partial charge in [0.25, 0.3) is 0 Å². The smallest absolute Gasteiger partial charge is 0.242 e. The van der Waals surface area contributed by atoms with Gasteiger partial charge in [-0.3, -0.25) is 9.59 Å². The normalized spacial score (nSPS) is 20.5. The first kappa shape index (κ1) is 19.0. The Kier molecular flexibility index (Phi) is 7.45. The Labute approximate surface area is 150 Å². The van der Waals surface area contributed by atoms with Gasteiger partial charge in [-0.15, -0.1) is 0 Å². The zero-order valence-electron chi connectivity index (χ0n) is 15.2. The number of hydrogen-bond acceptors (Lipinski definition) is 2. The summed E-state index contributed by atoms with van der Waals surface area (Å²) in [6.45, 7) is 4.78. The Morgan fingerprint density at radius 2 is 2.00 bits per heavy atom. The third kappa shape index (κ3) is 5.89. The molecule has 2 atom stereocenters. The molecule has 1 fully saturated rings. The van der Waals surface area contributed by atoms with Crippen LogP contribution in [0.25, 0.3) is 0 Å². The topological polar surface area (TPSA) is 49.4 Å². The molecule has 0 aliphatic carbocycles. The Balaban J connectivity index is 1.86. The number of amides is 2. The van der Waals surface area contributed by atoms with Crippen LogP contribution in [0.5, 0.6) is 0 Å². The Hall–Kier alpha value is -2.36. The number of carbonyl (C=O) groups is 2. The molecule has 1 heterocycles. The molecule has 0 saturated carbocycles. The number of likely N-dealkylation sites (tertiary alicyclic amines) is 1. The molecule has 0 aromatic heterocycles. The Morgan fingerprint density at radius 3 is 2.68 bits per heavy atom. The summed E-state index contributed by atoms with van der Waals surface area (Å²) in [5.74, 6) is 0.282. The van der Waals surface area contributed by atoms with Crippen molar-refractivity contribution in [3.05, 3.63) is 60.2 Å². The molecule has 134 valence electrons. The highest BCUT2D eigenvalue weighted by Crippen LogP contribution is 2.26. The number of allylic oxidation sites excluding steroid dienone is 4. The Bertz CT molecular complexity index is 622. The molecule has 1 unspecified atom stereocenters. The zero-order valence-corrected chi connectivity index (χ0v) is 15.2. The number of nitrogens with one attached hydrogen (secondary N) is 1. The van der Waals surface area contributed by atoms with Crippen LogP contribution in [0.3, 0.4) is 0 Å². The van der Waals surface area contributed by atoms with E-state index >= 15 is 0 Å². The van der Waals surface area contributed by atoms with E-state index in [9.17, 15) is 9.59 Å². The van der Waals surface area contributed by atoms with Crippen LogP contribution in [0.4, 0.5) is 0 Å². The Morgan fingerprint density at radius 1 is 1.24 bits per heavy atom. The highest BCUT2D eigenvalue weighted by atomic mass is 16.2. The maximum absolute atomic E-state index is 12.5. The van der Waals surface area contributed by atoms with Crippen LogP contribution < -0.4 is 5.32 Å². The molecule has 4 heteroatoms. The van der Waals surface area contributed by atoms with Gasteiger partial charge in [0.1, 0.15) is 6.04 Å². The van der Waals surface area contributed by atoms with Crippen LogP contribution in [-0.2, 0) is 16.0 Å². The first-order valence-electron chi connectivity index (χ1n) is 8.98. The van der Waals surface area contributed by atoms with E-state index in [2.05, 4.69) is 23.5 Å². The number of carbonyl (C=O) groups excluding carboxylic acids is 2. The molecular formula is C21H28N2O2. The number of rotatable bonds is 7. The summed E-state index contributed by atoms with van der Waals surface area (Å²) in [5.41, 5.74) is 1.20. The molecule has 25 heavy (non-hydrogen) atoms. The van der Waals surface area contributed by atoms with Crippen LogP contribution in [0.15, 0.2) is 54.6 Å². The number of nitrogens with zero attached hydrogens (tertiary/aromatic N) is 1. The average Bonchev–Trinajstić information content (AvgIpc) is 3.04. The molecule has 1 N–H and O–H groups in total. The number of hydrogen-bond donors (Lipinski definition) is 1. The average molecular weight is 340 g/mol. The summed E-state index contributed by atoms with van der Waals surface area (Å²) >= 11 is 0. The van der Waals surface area contributed by atoms with E-state index in [-0.39, 0.29) is 17.9 Å². The maximum Gasteiger partial charge on any atom is 0.242 e. The second kappa shape index (κ2) is 9.82. The molecule has 0 spiro atoms. The van der Waals surface area contributed by atoms with Crippen LogP contribution in [0.1, 0.15) is 32.3 Å². The van der Waals surface area contributed by atoms with Crippen LogP contribution >= 0.6 is 0 Å². The van der Waals surface area contributed by atoms with Gasteiger partial charge in [0.15, 0.2) is 0 Å². The summed E-state index contributed by atoms with van der Waals surface area (Å²) in [4.78, 5) is 26.1. The van der Waals surface area contributed by atoms with Gasteiger partial charge in [0, 0.05) is 20.0 Å². The lowest BCUT2D eigenvalue weighted by atomic mass is 10.0. The summed E-state index contributed by atoms with van der Waals surface area (Å²) < 4.78 is 0. The molecule has 1 aliphatic heterocycles. The van der Waals surface area contributed by atoms with E-state index in [4.69, 9.17) is 0 Å². The van der Waals surface area contributed by atoms with Crippen molar-refractivity contribution >= 4 is 11.8 Å². The van der Waals surface area contributed by atoms with Gasteiger partial charge in [0.05, 0.1) is 0 Å². The van der Waals surface area contributed by atoms with Crippen LogP contribution in [0.2, 0.25) is 0 Å². The highest BCUT2D eigenvalue weighted by Gasteiger charge is 2.37. The van der Waals surface area contributed by atoms with Gasteiger partial charge in [-0.2, -0.15) is 0 Å². The molecule has 0 radical (unpaired) electrons. The summed E-state index contributed by atoms with van der Waals surface area (Å²) in [6, 6.07) is 9.74. The van der Waals surface area contributed by atoms with Gasteiger partial charge in [0.2, 0.25) is 11.8 Å². The van der Waals surface area contributed by atoms with E-state index in [1.54, 1.807) is 11.8 Å². The van der Waals surface area contributed by atoms with Crippen molar-refractivity contribution < 1.29 is 9.59 Å². The van der Waals surface area contributed by atoms with E-state index in [0.29, 0.717) is 19.0 Å². The summed E-state index contributed by atoms with van der Waals surface area (Å²) in [5, 5.41) is 2.99. The van der Waals surface area contributed by atoms with Crippen LogP contribution in [-0.4, -0.2) is 35.8 Å². The lowest BCUT2D eigenvalue weighted by Gasteiger charge is -2.22. The highest BCUT2D eigenvalue weighted by molar-refractivity contribution is 5.87. The molecule has 4 nitrogen and oxygen atoms in total. The largest absolute Gasteiger partial charge is 0.354 e. The second-order valence-electron chi connectivity index (χ2n) is 6.51. The van der Waals surface area contributed by atoms with E-state index < -0.39 is 0 Å². The maximum atomic E-state index is 12.5. The van der Waals surface area contributed by atoms with E-state index in [0.717, 1.165) is 19.3 Å². The van der Waals surface area contributed by atoms with Gasteiger partial charge in [-0.25, -0.2) is 0 Å². The van der Waals surface area contributed by atoms with Crippen molar-refractivity contribution in [3.8, 4) is 0 Å². The van der Waals surface area contributed by atoms with Crippen molar-refractivity contribution in [1.82, 2.24) is 10.2 Å². The molecule has 2 amide bonds. The lowest BCUT2D eigenvalue weighted by molar-refractivity contribution is -0.136. The fourth-order valence-electron chi connectivity index (χ4n) is 3.24. The summed E-state index contributed by atoms with van der Waals surface area (Å²) in [7, 11) is 0. The monoisotopic (exact) mass is 340 g/mol. The van der Waals surface area contributed by atoms with Gasteiger partial charge < -0.3 is 10.2 Å². The van der Waals surface area contributed by atoms with Crippen molar-refractivity contribution in [3.63, 3.8) is 0 Å². The molecular weight excluding hydrogens is 312 g/mol. The molecule has 1 aliphatic rings. The molecule has 0 bridgehead atoms. The van der Waals surface area contributed by atoms with Crippen molar-refractivity contribution in [1.29, 1.82) is 0 Å². The molecule has 1 aromatic carbocycles. The summed E-state index contributed by atoms with van der Waals surface area (Å²) in [6.07, 6.45) is 10.5. The quantitative estimate of drug-likeness (QED) is 0.776. The minimum atomic E-state index is -0.339. The first-order chi connectivity index (χ1) is 12.1. The SMILES string of the molecule is C/C=C\C=C/C[C@@H]1CC(C(=O)NCCc2ccccc2)N(C(C)=O)C1. The third-order valence-electron chi connectivity index (χ3n) is 4.56. The molecule has 1 aromatic rings. The minimum absolute atomic E-state index is 0.0249. The fourth-order valence-corrected chi connectivity index (χ4v) is 3.24. The first-order valence-corrected chi connectivity index (χ1v) is 8.98. The van der Waals surface area contributed by atoms with Crippen molar-refractivity contribution in [2.24, 2.45) is 5.92 Å². The van der Waals surface area contributed by atoms with Crippen LogP contribution in [0, 0.1) is 5.92 Å². The standard InChI is InChI=1S/C21H28N2O2/c1-3-4-5-7-12-19-15-20(23(16-19)17(2)24)21(25)22-14-13-18-10-8-6-9-11-18/h3-11,19-20H,12-16H2,1-2H3,(H,22,25)/b4-3-,7-5-/t19-,20?/m1/s1. The van der Waals surface area contributed by atoms with E-state index in [1.165, 1.54) is 5.56 Å². The predicted molar refractivity (Wildman–Crippen MR) is 101 cm³/mol. The predicted octanol–water partition coefficient (Wildman–Crippen LogP) is 3.10. The zero-order chi connectivity index (χ0) is 18.1. The second-order valence-corrected chi connectivity index (χ2v) is 6.51. The van der Waals surface area contributed by atoms with E-state index in [1.807, 2.05) is 43.4 Å². The molecule has 1 saturated heterocycles. The molecule has 2 rings (SSSR count). The van der Waals surface area contributed by atoms with Crippen molar-refractivity contribution in [2.45, 2.75) is 39.2 Å². The van der Waals surface area contributed by atoms with Gasteiger partial charge in [-0.05, 0) is 37.7 Å². The van der Waals surface area contributed by atoms with Crippen molar-refractivity contribution in [2.75, 3.05) is 13.1 Å². The fraction of sp³-hybridized carbons (Fsp3) is 0.429.